The summed E-state index contributed by atoms with van der Waals surface area (Å²) in [4.78, 5) is 25.2. The molecular formula is C44H76O10. The zero-order chi connectivity index (χ0) is 39.5. The average molecular weight is 765 g/mol. The number of ether oxygens (including phenoxy) is 4. The second kappa shape index (κ2) is 35.1. The highest BCUT2D eigenvalue weighted by Gasteiger charge is 2.44. The van der Waals surface area contributed by atoms with E-state index < -0.39 is 55.4 Å². The summed E-state index contributed by atoms with van der Waals surface area (Å²) in [5, 5.41) is 40.0. The van der Waals surface area contributed by atoms with Gasteiger partial charge in [-0.1, -0.05) is 146 Å². The molecule has 10 nitrogen and oxygen atoms in total. The van der Waals surface area contributed by atoms with Crippen molar-refractivity contribution in [3.63, 3.8) is 0 Å². The minimum atomic E-state index is -1.60. The minimum Gasteiger partial charge on any atom is -0.462 e. The molecule has 4 N–H and O–H groups in total. The van der Waals surface area contributed by atoms with Crippen LogP contribution >= 0.6 is 0 Å². The van der Waals surface area contributed by atoms with Gasteiger partial charge in [0.05, 0.1) is 13.2 Å². The summed E-state index contributed by atoms with van der Waals surface area (Å²) in [7, 11) is 0. The number of rotatable bonds is 34. The Hall–Kier alpha value is -2.34. The van der Waals surface area contributed by atoms with Crippen molar-refractivity contribution >= 4 is 11.9 Å². The topological polar surface area (TPSA) is 152 Å². The molecule has 6 atom stereocenters. The van der Waals surface area contributed by atoms with Crippen molar-refractivity contribution in [2.45, 2.75) is 198 Å². The maximum atomic E-state index is 12.7. The van der Waals surface area contributed by atoms with Gasteiger partial charge < -0.3 is 39.4 Å². The summed E-state index contributed by atoms with van der Waals surface area (Å²) >= 11 is 0. The standard InChI is InChI=1S/C44H76O10/c1-3-5-7-9-11-13-15-17-18-19-20-21-23-24-26-28-30-32-39(46)51-35-37(36-52-44-43(50)42(49)41(48)38(34-45)54-44)53-40(47)33-31-29-27-25-22-16-14-12-10-8-6-4-2/h11,13,17-18,20-21,24,26,37-38,41-45,48-50H,3-10,12,14-16,19,22-23,25,27-36H2,1-2H3/b13-11+,18-17+,21-20+,26-24+/t37-,38-,41+,42?,43?,44-/m0/s1. The van der Waals surface area contributed by atoms with E-state index in [9.17, 15) is 30.0 Å². The molecule has 0 aliphatic carbocycles. The largest absolute Gasteiger partial charge is 0.462 e. The lowest BCUT2D eigenvalue weighted by Gasteiger charge is -2.39. The van der Waals surface area contributed by atoms with Crippen molar-refractivity contribution in [1.29, 1.82) is 0 Å². The Morgan fingerprint density at radius 3 is 1.61 bits per heavy atom. The third-order valence-corrected chi connectivity index (χ3v) is 9.47. The van der Waals surface area contributed by atoms with Gasteiger partial charge in [-0.3, -0.25) is 9.59 Å². The highest BCUT2D eigenvalue weighted by molar-refractivity contribution is 5.70. The average Bonchev–Trinajstić information content (AvgIpc) is 3.17. The molecular weight excluding hydrogens is 688 g/mol. The van der Waals surface area contributed by atoms with Crippen molar-refractivity contribution < 1.29 is 49.0 Å². The molecule has 0 aromatic heterocycles. The smallest absolute Gasteiger partial charge is 0.306 e. The van der Waals surface area contributed by atoms with Crippen LogP contribution in [0.5, 0.6) is 0 Å². The van der Waals surface area contributed by atoms with Gasteiger partial charge in [0.2, 0.25) is 0 Å². The number of carbonyl (C=O) groups excluding carboxylic acids is 2. The van der Waals surface area contributed by atoms with Crippen LogP contribution in [0.2, 0.25) is 0 Å². The fourth-order valence-electron chi connectivity index (χ4n) is 6.06. The molecule has 0 spiro atoms. The Bertz CT molecular complexity index is 1020. The van der Waals surface area contributed by atoms with Gasteiger partial charge in [-0.05, 0) is 51.4 Å². The van der Waals surface area contributed by atoms with E-state index in [-0.39, 0.29) is 26.1 Å². The molecule has 0 saturated carbocycles. The third-order valence-electron chi connectivity index (χ3n) is 9.47. The van der Waals surface area contributed by atoms with Crippen LogP contribution in [-0.2, 0) is 28.5 Å². The predicted octanol–water partition coefficient (Wildman–Crippen LogP) is 8.49. The van der Waals surface area contributed by atoms with Crippen molar-refractivity contribution in [3.05, 3.63) is 48.6 Å². The fraction of sp³-hybridized carbons (Fsp3) is 0.773. The first-order chi connectivity index (χ1) is 26.3. The van der Waals surface area contributed by atoms with E-state index in [2.05, 4.69) is 56.4 Å². The second-order valence-corrected chi connectivity index (χ2v) is 14.4. The lowest BCUT2D eigenvalue weighted by molar-refractivity contribution is -0.305. The Kier molecular flexibility index (Phi) is 32.3. The molecule has 0 amide bonds. The molecule has 54 heavy (non-hydrogen) atoms. The van der Waals surface area contributed by atoms with E-state index in [0.29, 0.717) is 12.8 Å². The summed E-state index contributed by atoms with van der Waals surface area (Å²) in [5.41, 5.74) is 0. The quantitative estimate of drug-likeness (QED) is 0.0285. The lowest BCUT2D eigenvalue weighted by Crippen LogP contribution is -2.59. The number of hydrogen-bond acceptors (Lipinski definition) is 10. The molecule has 1 heterocycles. The second-order valence-electron chi connectivity index (χ2n) is 14.4. The monoisotopic (exact) mass is 765 g/mol. The number of aliphatic hydroxyl groups excluding tert-OH is 4. The predicted molar refractivity (Wildman–Crippen MR) is 215 cm³/mol. The summed E-state index contributed by atoms with van der Waals surface area (Å²) < 4.78 is 22.0. The van der Waals surface area contributed by atoms with Crippen LogP contribution in [0.4, 0.5) is 0 Å². The number of unbranched alkanes of at least 4 members (excludes halogenated alkanes) is 15. The van der Waals surface area contributed by atoms with Crippen molar-refractivity contribution in [2.24, 2.45) is 0 Å². The maximum absolute atomic E-state index is 12.7. The molecule has 0 aromatic carbocycles. The number of carbonyl (C=O) groups is 2. The van der Waals surface area contributed by atoms with Gasteiger partial charge in [0.1, 0.15) is 31.0 Å². The molecule has 1 aliphatic heterocycles. The van der Waals surface area contributed by atoms with E-state index in [1.807, 2.05) is 6.08 Å². The zero-order valence-electron chi connectivity index (χ0n) is 33.7. The molecule has 10 heteroatoms. The van der Waals surface area contributed by atoms with Gasteiger partial charge in [-0.2, -0.15) is 0 Å². The van der Waals surface area contributed by atoms with E-state index in [1.165, 1.54) is 77.0 Å². The molecule has 1 rings (SSSR count). The van der Waals surface area contributed by atoms with E-state index in [0.717, 1.165) is 44.9 Å². The molecule has 0 radical (unpaired) electrons. The minimum absolute atomic E-state index is 0.200. The summed E-state index contributed by atoms with van der Waals surface area (Å²) in [6.07, 6.45) is 32.6. The SMILES string of the molecule is CCCCC/C=C/C/C=C/C/C=C/C/C=C/CCCC(=O)OC[C@@H](CO[C@H]1O[C@@H](CO)[C@@H](O)C(O)C1O)OC(=O)CCCCCCCCCCCCCC. The van der Waals surface area contributed by atoms with Gasteiger partial charge in [-0.15, -0.1) is 0 Å². The van der Waals surface area contributed by atoms with E-state index >= 15 is 0 Å². The highest BCUT2D eigenvalue weighted by atomic mass is 16.7. The van der Waals surface area contributed by atoms with Gasteiger partial charge >= 0.3 is 11.9 Å². The van der Waals surface area contributed by atoms with Gasteiger partial charge in [0.15, 0.2) is 12.4 Å². The van der Waals surface area contributed by atoms with Crippen LogP contribution in [0.3, 0.4) is 0 Å². The van der Waals surface area contributed by atoms with E-state index in [4.69, 9.17) is 18.9 Å². The number of hydrogen-bond donors (Lipinski definition) is 4. The third kappa shape index (κ3) is 26.5. The Morgan fingerprint density at radius 1 is 0.574 bits per heavy atom. The highest BCUT2D eigenvalue weighted by Crippen LogP contribution is 2.22. The summed E-state index contributed by atoms with van der Waals surface area (Å²) in [5.74, 6) is -0.873. The van der Waals surface area contributed by atoms with Crippen molar-refractivity contribution in [2.75, 3.05) is 19.8 Å². The molecule has 2 unspecified atom stereocenters. The molecule has 1 fully saturated rings. The first-order valence-corrected chi connectivity index (χ1v) is 21.2. The van der Waals surface area contributed by atoms with Crippen LogP contribution in [0, 0.1) is 0 Å². The molecule has 1 saturated heterocycles. The van der Waals surface area contributed by atoms with Crippen LogP contribution in [0.1, 0.15) is 162 Å². The van der Waals surface area contributed by atoms with Gasteiger partial charge in [0, 0.05) is 12.8 Å². The first kappa shape index (κ1) is 49.7. The molecule has 0 bridgehead atoms. The Labute approximate surface area is 327 Å². The van der Waals surface area contributed by atoms with Crippen molar-refractivity contribution in [1.82, 2.24) is 0 Å². The maximum Gasteiger partial charge on any atom is 0.306 e. The zero-order valence-corrected chi connectivity index (χ0v) is 33.7. The molecule has 0 aromatic rings. The fourth-order valence-corrected chi connectivity index (χ4v) is 6.06. The van der Waals surface area contributed by atoms with Crippen LogP contribution in [0.15, 0.2) is 48.6 Å². The number of aliphatic hydroxyl groups is 4. The normalized spacial score (nSPS) is 21.2. The van der Waals surface area contributed by atoms with Gasteiger partial charge in [-0.25, -0.2) is 0 Å². The number of allylic oxidation sites excluding steroid dienone is 8. The van der Waals surface area contributed by atoms with E-state index in [1.54, 1.807) is 0 Å². The van der Waals surface area contributed by atoms with Crippen LogP contribution in [-0.4, -0.2) is 89.0 Å². The molecule has 1 aliphatic rings. The van der Waals surface area contributed by atoms with Gasteiger partial charge in [0.25, 0.3) is 0 Å². The summed E-state index contributed by atoms with van der Waals surface area (Å²) in [6.45, 7) is 3.32. The Morgan fingerprint density at radius 2 is 1.06 bits per heavy atom. The summed E-state index contributed by atoms with van der Waals surface area (Å²) in [6, 6.07) is 0. The number of esters is 2. The Balaban J connectivity index is 2.40. The lowest BCUT2D eigenvalue weighted by atomic mass is 9.99. The first-order valence-electron chi connectivity index (χ1n) is 21.2. The van der Waals surface area contributed by atoms with Crippen LogP contribution < -0.4 is 0 Å². The molecule has 312 valence electrons. The van der Waals surface area contributed by atoms with Crippen molar-refractivity contribution in [3.8, 4) is 0 Å². The van der Waals surface area contributed by atoms with Crippen LogP contribution in [0.25, 0.3) is 0 Å².